The fraction of sp³-hybridized carbons (Fsp3) is 0.684. The van der Waals surface area contributed by atoms with Crippen LogP contribution in [0.15, 0.2) is 30.3 Å². The topological polar surface area (TPSA) is 46.8 Å². The van der Waals surface area contributed by atoms with E-state index in [1.54, 1.807) is 0 Å². The first-order valence-electron chi connectivity index (χ1n) is 8.97. The van der Waals surface area contributed by atoms with Gasteiger partial charge in [0.1, 0.15) is 5.66 Å². The largest absolute Gasteiger partial charge is 0.370 e. The summed E-state index contributed by atoms with van der Waals surface area (Å²) in [6.07, 6.45) is 3.86. The molecule has 1 aromatic rings. The van der Waals surface area contributed by atoms with E-state index in [1.165, 1.54) is 5.56 Å². The third kappa shape index (κ3) is 3.94. The molecule has 1 saturated heterocycles. The Labute approximate surface area is 140 Å². The SMILES string of the molecule is C[C@@H]1CN([C@@]2([N])CCCC[C@@H]2OCc2ccccc2)C[C@H](C)N1. The van der Waals surface area contributed by atoms with Crippen LogP contribution in [0.1, 0.15) is 45.1 Å². The van der Waals surface area contributed by atoms with E-state index in [2.05, 4.69) is 36.2 Å². The smallest absolute Gasteiger partial charge is 0.133 e. The minimum atomic E-state index is -0.822. The molecule has 0 amide bonds. The van der Waals surface area contributed by atoms with Crippen molar-refractivity contribution in [1.82, 2.24) is 16.0 Å². The summed E-state index contributed by atoms with van der Waals surface area (Å²) >= 11 is 0. The van der Waals surface area contributed by atoms with Gasteiger partial charge in [-0.15, -0.1) is 5.73 Å². The lowest BCUT2D eigenvalue weighted by Crippen LogP contribution is -2.67. The molecule has 4 heteroatoms. The Morgan fingerprint density at radius 2 is 1.87 bits per heavy atom. The number of benzene rings is 1. The van der Waals surface area contributed by atoms with Crippen molar-refractivity contribution in [3.05, 3.63) is 35.9 Å². The van der Waals surface area contributed by atoms with Gasteiger partial charge in [-0.1, -0.05) is 36.8 Å². The monoisotopic (exact) mass is 315 g/mol. The average molecular weight is 315 g/mol. The van der Waals surface area contributed by atoms with Crippen molar-refractivity contribution in [2.75, 3.05) is 13.1 Å². The number of nitrogens with zero attached hydrogens (tertiary/aromatic N) is 2. The molecule has 23 heavy (non-hydrogen) atoms. The standard InChI is InChI=1S/C19H29N3O/c1-15-12-22(13-16(2)21-15)19(20)11-7-6-10-18(19)23-14-17-8-4-3-5-9-17/h3-5,8-9,15-16,18,21H,6-7,10-14H2,1-2H3/t15-,16+,18-,19-/m0/s1. The quantitative estimate of drug-likeness (QED) is 0.929. The molecule has 2 fully saturated rings. The van der Waals surface area contributed by atoms with Crippen LogP contribution in [0.5, 0.6) is 0 Å². The maximum Gasteiger partial charge on any atom is 0.133 e. The van der Waals surface area contributed by atoms with Gasteiger partial charge >= 0.3 is 0 Å². The zero-order valence-corrected chi connectivity index (χ0v) is 14.4. The first-order chi connectivity index (χ1) is 11.1. The predicted molar refractivity (Wildman–Crippen MR) is 92.0 cm³/mol. The van der Waals surface area contributed by atoms with Gasteiger partial charge in [-0.3, -0.25) is 4.90 Å². The number of piperazine rings is 1. The van der Waals surface area contributed by atoms with Gasteiger partial charge in [-0.05, 0) is 38.7 Å². The van der Waals surface area contributed by atoms with Crippen LogP contribution in [0.25, 0.3) is 0 Å². The molecule has 0 aromatic heterocycles. The molecule has 1 saturated carbocycles. The van der Waals surface area contributed by atoms with E-state index in [9.17, 15) is 5.73 Å². The second-order valence-electron chi connectivity index (χ2n) is 7.28. The number of nitrogens with one attached hydrogen (secondary N) is 1. The van der Waals surface area contributed by atoms with Gasteiger partial charge in [-0.25, -0.2) is 0 Å². The Kier molecular flexibility index (Phi) is 5.37. The van der Waals surface area contributed by atoms with Crippen molar-refractivity contribution in [2.45, 2.75) is 70.0 Å². The molecule has 126 valence electrons. The average Bonchev–Trinajstić information content (AvgIpc) is 2.54. The van der Waals surface area contributed by atoms with Gasteiger partial charge in [0.25, 0.3) is 0 Å². The molecule has 1 aliphatic carbocycles. The lowest BCUT2D eigenvalue weighted by atomic mass is 9.84. The first kappa shape index (κ1) is 16.9. The Bertz CT molecular complexity index is 485. The van der Waals surface area contributed by atoms with E-state index < -0.39 is 5.66 Å². The maximum atomic E-state index is 11.4. The Morgan fingerprint density at radius 1 is 1.17 bits per heavy atom. The van der Waals surface area contributed by atoms with E-state index in [0.29, 0.717) is 18.7 Å². The van der Waals surface area contributed by atoms with Crippen LogP contribution >= 0.6 is 0 Å². The van der Waals surface area contributed by atoms with Crippen LogP contribution in [0, 0.1) is 0 Å². The molecule has 1 aliphatic heterocycles. The van der Waals surface area contributed by atoms with Crippen LogP contribution in [0.3, 0.4) is 0 Å². The van der Waals surface area contributed by atoms with E-state index in [1.807, 2.05) is 18.2 Å². The van der Waals surface area contributed by atoms with Crippen molar-refractivity contribution < 1.29 is 4.74 Å². The van der Waals surface area contributed by atoms with Crippen LogP contribution in [-0.2, 0) is 11.3 Å². The minimum absolute atomic E-state index is 0.103. The van der Waals surface area contributed by atoms with E-state index in [0.717, 1.165) is 38.8 Å². The van der Waals surface area contributed by atoms with Crippen molar-refractivity contribution in [3.63, 3.8) is 0 Å². The van der Waals surface area contributed by atoms with E-state index >= 15 is 0 Å². The normalized spacial score (nSPS) is 36.0. The summed E-state index contributed by atoms with van der Waals surface area (Å²) < 4.78 is 6.20. The highest BCUT2D eigenvalue weighted by molar-refractivity contribution is 5.13. The molecule has 3 rings (SSSR count). The molecule has 2 aliphatic rings. The van der Waals surface area contributed by atoms with Gasteiger partial charge in [0.2, 0.25) is 0 Å². The zero-order valence-electron chi connectivity index (χ0n) is 14.4. The minimum Gasteiger partial charge on any atom is -0.370 e. The van der Waals surface area contributed by atoms with Crippen LogP contribution in [0.2, 0.25) is 0 Å². The van der Waals surface area contributed by atoms with Crippen molar-refractivity contribution in [2.24, 2.45) is 0 Å². The predicted octanol–water partition coefficient (Wildman–Crippen LogP) is 2.59. The van der Waals surface area contributed by atoms with Gasteiger partial charge < -0.3 is 10.1 Å². The fourth-order valence-corrected chi connectivity index (χ4v) is 4.10. The number of hydrogen-bond acceptors (Lipinski definition) is 3. The molecule has 1 heterocycles. The van der Waals surface area contributed by atoms with E-state index in [4.69, 9.17) is 4.74 Å². The second-order valence-corrected chi connectivity index (χ2v) is 7.28. The van der Waals surface area contributed by atoms with Gasteiger partial charge in [0.15, 0.2) is 0 Å². The summed E-state index contributed by atoms with van der Waals surface area (Å²) in [6.45, 7) is 6.71. The summed E-state index contributed by atoms with van der Waals surface area (Å²) in [5.74, 6) is 0. The van der Waals surface area contributed by atoms with E-state index in [-0.39, 0.29) is 6.10 Å². The van der Waals surface area contributed by atoms with Crippen LogP contribution < -0.4 is 11.1 Å². The molecule has 1 N–H and O–H groups in total. The second kappa shape index (κ2) is 7.31. The number of rotatable bonds is 4. The summed E-state index contributed by atoms with van der Waals surface area (Å²) in [4.78, 5) is 2.26. The molecular weight excluding hydrogens is 286 g/mol. The molecular formula is C19H29N3O. The number of ether oxygens (including phenoxy) is 1. The molecule has 0 bridgehead atoms. The third-order valence-corrected chi connectivity index (χ3v) is 5.18. The highest BCUT2D eigenvalue weighted by Crippen LogP contribution is 2.34. The lowest BCUT2D eigenvalue weighted by molar-refractivity contribution is -0.115. The van der Waals surface area contributed by atoms with Crippen LogP contribution in [0.4, 0.5) is 0 Å². The summed E-state index contributed by atoms with van der Waals surface area (Å²) in [5, 5.41) is 3.54. The number of hydrogen-bond donors (Lipinski definition) is 1. The molecule has 4 atom stereocenters. The summed E-state index contributed by atoms with van der Waals surface area (Å²) in [6, 6.07) is 11.0. The van der Waals surface area contributed by atoms with Crippen LogP contribution in [-0.4, -0.2) is 41.8 Å². The van der Waals surface area contributed by atoms with Gasteiger partial charge in [-0.2, -0.15) is 0 Å². The highest BCUT2D eigenvalue weighted by atomic mass is 16.5. The zero-order chi connectivity index (χ0) is 16.3. The molecule has 4 nitrogen and oxygen atoms in total. The van der Waals surface area contributed by atoms with Gasteiger partial charge in [0, 0.05) is 25.2 Å². The Hall–Kier alpha value is -0.940. The molecule has 0 spiro atoms. The Morgan fingerprint density at radius 3 is 2.57 bits per heavy atom. The maximum absolute atomic E-state index is 11.4. The van der Waals surface area contributed by atoms with Crippen molar-refractivity contribution in [3.8, 4) is 0 Å². The van der Waals surface area contributed by atoms with Crippen molar-refractivity contribution in [1.29, 1.82) is 0 Å². The molecule has 1 aromatic carbocycles. The Balaban J connectivity index is 1.69. The lowest BCUT2D eigenvalue weighted by Gasteiger charge is -2.50. The van der Waals surface area contributed by atoms with Gasteiger partial charge in [0.05, 0.1) is 12.7 Å². The highest BCUT2D eigenvalue weighted by Gasteiger charge is 2.46. The third-order valence-electron chi connectivity index (χ3n) is 5.18. The fourth-order valence-electron chi connectivity index (χ4n) is 4.10. The van der Waals surface area contributed by atoms with Crippen molar-refractivity contribution >= 4 is 0 Å². The summed E-state index contributed by atoms with van der Waals surface area (Å²) in [7, 11) is 0. The first-order valence-corrected chi connectivity index (χ1v) is 8.97. The summed E-state index contributed by atoms with van der Waals surface area (Å²) in [5.41, 5.74) is 11.8. The molecule has 0 unspecified atom stereocenters. The molecule has 2 radical (unpaired) electrons.